The molecule has 17 heavy (non-hydrogen) atoms. The Morgan fingerprint density at radius 3 is 2.53 bits per heavy atom. The Kier molecular flexibility index (Phi) is 4.96. The minimum atomic E-state index is -0.518. The van der Waals surface area contributed by atoms with E-state index in [9.17, 15) is 9.59 Å². The molecule has 0 saturated carbocycles. The van der Waals surface area contributed by atoms with E-state index in [2.05, 4.69) is 31.9 Å². The van der Waals surface area contributed by atoms with Crippen molar-refractivity contribution in [3.63, 3.8) is 0 Å². The molecular weight excluding hydrogens is 286 g/mol. The quantitative estimate of drug-likeness (QED) is 0.796. The van der Waals surface area contributed by atoms with Gasteiger partial charge in [0.1, 0.15) is 6.04 Å². The zero-order valence-corrected chi connectivity index (χ0v) is 11.2. The Hall–Kier alpha value is -1.56. The van der Waals surface area contributed by atoms with Gasteiger partial charge in [-0.05, 0) is 35.0 Å². The van der Waals surface area contributed by atoms with Gasteiger partial charge in [0.05, 0.1) is 0 Å². The molecule has 0 aliphatic rings. The lowest BCUT2D eigenvalue weighted by Gasteiger charge is -2.15. The molecule has 92 valence electrons. The molecule has 0 aromatic heterocycles. The summed E-state index contributed by atoms with van der Waals surface area (Å²) in [6.45, 7) is 1.68. The molecular formula is C11H14BrN3O2. The Morgan fingerprint density at radius 1 is 1.29 bits per heavy atom. The van der Waals surface area contributed by atoms with Crippen molar-refractivity contribution in [2.45, 2.75) is 13.0 Å². The molecule has 0 radical (unpaired) electrons. The summed E-state index contributed by atoms with van der Waals surface area (Å²) in [5, 5.41) is 7.52. The van der Waals surface area contributed by atoms with Crippen LogP contribution in [0, 0.1) is 0 Å². The summed E-state index contributed by atoms with van der Waals surface area (Å²) in [6.07, 6.45) is 0. The summed E-state index contributed by atoms with van der Waals surface area (Å²) < 4.78 is 0.861. The number of para-hydroxylation sites is 1. The van der Waals surface area contributed by atoms with E-state index in [-0.39, 0.29) is 5.91 Å². The highest BCUT2D eigenvalue weighted by Crippen LogP contribution is 2.21. The molecule has 0 aliphatic carbocycles. The second-order valence-corrected chi connectivity index (χ2v) is 4.27. The number of benzene rings is 1. The number of nitrogens with one attached hydrogen (secondary N) is 3. The summed E-state index contributed by atoms with van der Waals surface area (Å²) in [4.78, 5) is 22.5. The van der Waals surface area contributed by atoms with E-state index in [0.717, 1.165) is 10.2 Å². The van der Waals surface area contributed by atoms with Gasteiger partial charge < -0.3 is 10.6 Å². The van der Waals surface area contributed by atoms with Gasteiger partial charge in [0.2, 0.25) is 5.91 Å². The van der Waals surface area contributed by atoms with Crippen LogP contribution in [0.5, 0.6) is 0 Å². The van der Waals surface area contributed by atoms with Crippen LogP contribution in [0.15, 0.2) is 28.7 Å². The van der Waals surface area contributed by atoms with Crippen LogP contribution in [0.3, 0.4) is 0 Å². The SMILES string of the molecule is CNC(=O)NC(=O)C(C)Nc1ccccc1Br. The average Bonchev–Trinajstić information content (AvgIpc) is 2.31. The van der Waals surface area contributed by atoms with E-state index in [4.69, 9.17) is 0 Å². The lowest BCUT2D eigenvalue weighted by molar-refractivity contribution is -0.120. The van der Waals surface area contributed by atoms with Crippen molar-refractivity contribution in [3.05, 3.63) is 28.7 Å². The monoisotopic (exact) mass is 299 g/mol. The molecule has 0 bridgehead atoms. The maximum Gasteiger partial charge on any atom is 0.321 e. The fourth-order valence-corrected chi connectivity index (χ4v) is 1.56. The van der Waals surface area contributed by atoms with E-state index < -0.39 is 12.1 Å². The van der Waals surface area contributed by atoms with Crippen LogP contribution in [0.25, 0.3) is 0 Å². The largest absolute Gasteiger partial charge is 0.373 e. The molecule has 1 aromatic carbocycles. The zero-order chi connectivity index (χ0) is 12.8. The van der Waals surface area contributed by atoms with Gasteiger partial charge in [0, 0.05) is 17.2 Å². The molecule has 1 atom stereocenters. The van der Waals surface area contributed by atoms with E-state index in [0.29, 0.717) is 0 Å². The van der Waals surface area contributed by atoms with Crippen molar-refractivity contribution in [2.75, 3.05) is 12.4 Å². The van der Waals surface area contributed by atoms with Crippen molar-refractivity contribution in [1.29, 1.82) is 0 Å². The number of amides is 3. The van der Waals surface area contributed by atoms with Crippen molar-refractivity contribution in [2.24, 2.45) is 0 Å². The van der Waals surface area contributed by atoms with Gasteiger partial charge in [0.15, 0.2) is 0 Å². The Morgan fingerprint density at radius 2 is 1.94 bits per heavy atom. The first-order valence-corrected chi connectivity index (χ1v) is 5.87. The van der Waals surface area contributed by atoms with Gasteiger partial charge in [-0.3, -0.25) is 10.1 Å². The van der Waals surface area contributed by atoms with Gasteiger partial charge in [-0.25, -0.2) is 4.79 Å². The van der Waals surface area contributed by atoms with Gasteiger partial charge >= 0.3 is 6.03 Å². The smallest absolute Gasteiger partial charge is 0.321 e. The first kappa shape index (κ1) is 13.5. The maximum atomic E-state index is 11.6. The molecule has 0 fully saturated rings. The Balaban J connectivity index is 2.60. The first-order chi connectivity index (χ1) is 8.04. The Bertz CT molecular complexity index is 423. The molecule has 1 unspecified atom stereocenters. The van der Waals surface area contributed by atoms with E-state index in [1.54, 1.807) is 6.92 Å². The molecule has 1 rings (SSSR count). The average molecular weight is 300 g/mol. The van der Waals surface area contributed by atoms with Crippen LogP contribution in [0.4, 0.5) is 10.5 Å². The first-order valence-electron chi connectivity index (χ1n) is 5.08. The number of rotatable bonds is 3. The number of anilines is 1. The van der Waals surface area contributed by atoms with Crippen LogP contribution < -0.4 is 16.0 Å². The number of hydrogen-bond acceptors (Lipinski definition) is 3. The molecule has 1 aromatic rings. The number of carbonyl (C=O) groups is 2. The van der Waals surface area contributed by atoms with E-state index in [1.807, 2.05) is 24.3 Å². The highest BCUT2D eigenvalue weighted by atomic mass is 79.9. The Labute approximate surface area is 108 Å². The highest BCUT2D eigenvalue weighted by molar-refractivity contribution is 9.10. The van der Waals surface area contributed by atoms with Crippen LogP contribution in [-0.2, 0) is 4.79 Å². The number of urea groups is 1. The topological polar surface area (TPSA) is 70.2 Å². The normalized spacial score (nSPS) is 11.5. The third-order valence-corrected chi connectivity index (χ3v) is 2.79. The van der Waals surface area contributed by atoms with Crippen molar-refractivity contribution in [3.8, 4) is 0 Å². The lowest BCUT2D eigenvalue weighted by atomic mass is 10.2. The van der Waals surface area contributed by atoms with E-state index in [1.165, 1.54) is 7.05 Å². The minimum absolute atomic E-state index is 0.389. The van der Waals surface area contributed by atoms with Gasteiger partial charge in [0.25, 0.3) is 0 Å². The highest BCUT2D eigenvalue weighted by Gasteiger charge is 2.15. The summed E-state index contributed by atoms with van der Waals surface area (Å²) >= 11 is 3.36. The predicted molar refractivity (Wildman–Crippen MR) is 69.8 cm³/mol. The molecule has 3 amide bonds. The predicted octanol–water partition coefficient (Wildman–Crippen LogP) is 1.71. The number of imide groups is 1. The maximum absolute atomic E-state index is 11.6. The lowest BCUT2D eigenvalue weighted by Crippen LogP contribution is -2.44. The fraction of sp³-hybridized carbons (Fsp3) is 0.273. The summed E-state index contributed by atoms with van der Waals surface area (Å²) in [5.74, 6) is -0.389. The van der Waals surface area contributed by atoms with Gasteiger partial charge in [-0.15, -0.1) is 0 Å². The minimum Gasteiger partial charge on any atom is -0.373 e. The molecule has 6 heteroatoms. The van der Waals surface area contributed by atoms with Crippen LogP contribution >= 0.6 is 15.9 Å². The molecule has 0 saturated heterocycles. The number of halogens is 1. The van der Waals surface area contributed by atoms with Gasteiger partial charge in [-0.2, -0.15) is 0 Å². The molecule has 0 spiro atoms. The molecule has 3 N–H and O–H groups in total. The van der Waals surface area contributed by atoms with Gasteiger partial charge in [-0.1, -0.05) is 12.1 Å². The summed E-state index contributed by atoms with van der Waals surface area (Å²) in [7, 11) is 1.45. The van der Waals surface area contributed by atoms with Crippen molar-refractivity contribution < 1.29 is 9.59 Å². The third kappa shape index (κ3) is 4.07. The zero-order valence-electron chi connectivity index (χ0n) is 9.58. The van der Waals surface area contributed by atoms with E-state index >= 15 is 0 Å². The van der Waals surface area contributed by atoms with Crippen LogP contribution in [0.1, 0.15) is 6.92 Å². The standard InChI is InChI=1S/C11H14BrN3O2/c1-7(10(16)15-11(17)13-2)14-9-6-4-3-5-8(9)12/h3-7,14H,1-2H3,(H2,13,15,16,17). The summed E-state index contributed by atoms with van der Waals surface area (Å²) in [5.41, 5.74) is 0.798. The molecule has 0 aliphatic heterocycles. The van der Waals surface area contributed by atoms with Crippen LogP contribution in [-0.4, -0.2) is 25.0 Å². The van der Waals surface area contributed by atoms with Crippen LogP contribution in [0.2, 0.25) is 0 Å². The summed E-state index contributed by atoms with van der Waals surface area (Å²) in [6, 6.07) is 6.42. The van der Waals surface area contributed by atoms with Crippen molar-refractivity contribution in [1.82, 2.24) is 10.6 Å². The molecule has 0 heterocycles. The fourth-order valence-electron chi connectivity index (χ4n) is 1.16. The second kappa shape index (κ2) is 6.24. The number of carbonyl (C=O) groups excluding carboxylic acids is 2. The number of hydrogen-bond donors (Lipinski definition) is 3. The third-order valence-electron chi connectivity index (χ3n) is 2.10. The van der Waals surface area contributed by atoms with Crippen molar-refractivity contribution >= 4 is 33.6 Å². The second-order valence-electron chi connectivity index (χ2n) is 3.41. The molecule has 5 nitrogen and oxygen atoms in total.